The molecule has 2 heterocycles. The molecule has 1 amide bonds. The number of ether oxygens (including phenoxy) is 1. The van der Waals surface area contributed by atoms with Crippen molar-refractivity contribution in [3.63, 3.8) is 0 Å². The molecule has 26 heavy (non-hydrogen) atoms. The monoisotopic (exact) mass is 354 g/mol. The lowest BCUT2D eigenvalue weighted by Gasteiger charge is -2.16. The van der Waals surface area contributed by atoms with E-state index in [1.807, 2.05) is 18.2 Å². The molecule has 136 valence electrons. The molecule has 1 atom stereocenters. The summed E-state index contributed by atoms with van der Waals surface area (Å²) in [6.07, 6.45) is 4.13. The molecule has 3 rings (SSSR count). The minimum absolute atomic E-state index is 0.0565. The molecule has 2 aromatic rings. The van der Waals surface area contributed by atoms with Gasteiger partial charge in [0.2, 0.25) is 0 Å². The van der Waals surface area contributed by atoms with Gasteiger partial charge in [0, 0.05) is 25.9 Å². The van der Waals surface area contributed by atoms with Gasteiger partial charge in [0.05, 0.1) is 11.7 Å². The van der Waals surface area contributed by atoms with Crippen molar-refractivity contribution in [3.8, 4) is 0 Å². The van der Waals surface area contributed by atoms with E-state index in [4.69, 9.17) is 9.84 Å². The van der Waals surface area contributed by atoms with Gasteiger partial charge in [0.25, 0.3) is 5.91 Å². The van der Waals surface area contributed by atoms with Crippen LogP contribution >= 0.6 is 0 Å². The number of hydrogen-bond acceptors (Lipinski definition) is 4. The Hall–Kier alpha value is -2.73. The third kappa shape index (κ3) is 4.67. The predicted molar refractivity (Wildman–Crippen MR) is 96.2 cm³/mol. The number of hydrogen-bond donors (Lipinski definition) is 1. The van der Waals surface area contributed by atoms with Crippen molar-refractivity contribution in [3.05, 3.63) is 65.5 Å². The van der Waals surface area contributed by atoms with Gasteiger partial charge >= 0.3 is 5.97 Å². The molecule has 1 aromatic heterocycles. The number of aromatic nitrogens is 1. The van der Waals surface area contributed by atoms with Crippen molar-refractivity contribution in [2.75, 3.05) is 19.7 Å². The van der Waals surface area contributed by atoms with Crippen LogP contribution in [0.5, 0.6) is 0 Å². The maximum atomic E-state index is 12.5. The van der Waals surface area contributed by atoms with Crippen molar-refractivity contribution >= 4 is 11.9 Å². The summed E-state index contributed by atoms with van der Waals surface area (Å²) in [6, 6.07) is 13.2. The first-order valence-electron chi connectivity index (χ1n) is 8.77. The molecule has 1 aliphatic rings. The second-order valence-electron chi connectivity index (χ2n) is 6.36. The number of likely N-dealkylation sites (tertiary alicyclic amines) is 1. The van der Waals surface area contributed by atoms with Crippen molar-refractivity contribution < 1.29 is 19.4 Å². The lowest BCUT2D eigenvalue weighted by atomic mass is 10.1. The zero-order chi connectivity index (χ0) is 18.4. The van der Waals surface area contributed by atoms with Gasteiger partial charge in [-0.25, -0.2) is 9.78 Å². The van der Waals surface area contributed by atoms with Crippen LogP contribution in [0.4, 0.5) is 0 Å². The minimum atomic E-state index is -1.10. The molecule has 1 aromatic carbocycles. The smallest absolute Gasteiger partial charge is 0.354 e. The number of aryl methyl sites for hydroxylation is 1. The zero-order valence-corrected chi connectivity index (χ0v) is 14.5. The SMILES string of the molecule is O=C(O)c1ccc(C(=O)N2CC[C@@H](OCCCc3ccccc3)C2)cn1. The van der Waals surface area contributed by atoms with Crippen LogP contribution in [0.15, 0.2) is 48.7 Å². The van der Waals surface area contributed by atoms with Crippen molar-refractivity contribution in [2.45, 2.75) is 25.4 Å². The van der Waals surface area contributed by atoms with Crippen LogP contribution in [-0.4, -0.2) is 52.7 Å². The first-order valence-corrected chi connectivity index (χ1v) is 8.77. The molecular formula is C20H22N2O4. The fraction of sp³-hybridized carbons (Fsp3) is 0.350. The summed E-state index contributed by atoms with van der Waals surface area (Å²) < 4.78 is 5.90. The predicted octanol–water partition coefficient (Wildman–Crippen LogP) is 2.64. The second kappa shape index (κ2) is 8.58. The van der Waals surface area contributed by atoms with Gasteiger partial charge in [-0.1, -0.05) is 30.3 Å². The van der Waals surface area contributed by atoms with E-state index >= 15 is 0 Å². The highest BCUT2D eigenvalue weighted by Gasteiger charge is 2.27. The summed E-state index contributed by atoms with van der Waals surface area (Å²) in [5.74, 6) is -1.24. The highest BCUT2D eigenvalue weighted by molar-refractivity contribution is 5.95. The molecule has 0 saturated carbocycles. The Morgan fingerprint density at radius 2 is 2.00 bits per heavy atom. The molecule has 1 aliphatic heterocycles. The average Bonchev–Trinajstić information content (AvgIpc) is 3.14. The lowest BCUT2D eigenvalue weighted by Crippen LogP contribution is -2.30. The Kier molecular flexibility index (Phi) is 5.96. The number of carbonyl (C=O) groups is 2. The number of amides is 1. The first kappa shape index (κ1) is 18.1. The summed E-state index contributed by atoms with van der Waals surface area (Å²) in [6.45, 7) is 1.88. The fourth-order valence-electron chi connectivity index (χ4n) is 3.05. The van der Waals surface area contributed by atoms with Crippen LogP contribution < -0.4 is 0 Å². The average molecular weight is 354 g/mol. The van der Waals surface area contributed by atoms with E-state index in [2.05, 4.69) is 17.1 Å². The van der Waals surface area contributed by atoms with Crippen LogP contribution in [0.25, 0.3) is 0 Å². The number of carboxylic acid groups (broad SMARTS) is 1. The van der Waals surface area contributed by atoms with Crippen molar-refractivity contribution in [1.29, 1.82) is 0 Å². The van der Waals surface area contributed by atoms with Gasteiger partial charge in [-0.3, -0.25) is 4.79 Å². The Bertz CT molecular complexity index is 746. The number of carboxylic acids is 1. The summed E-state index contributed by atoms with van der Waals surface area (Å²) in [5, 5.41) is 8.86. The summed E-state index contributed by atoms with van der Waals surface area (Å²) in [7, 11) is 0. The second-order valence-corrected chi connectivity index (χ2v) is 6.36. The first-order chi connectivity index (χ1) is 12.6. The number of aromatic carboxylic acids is 1. The Morgan fingerprint density at radius 1 is 1.19 bits per heavy atom. The summed E-state index contributed by atoms with van der Waals surface area (Å²) in [5.41, 5.74) is 1.64. The van der Waals surface area contributed by atoms with Crippen LogP contribution in [-0.2, 0) is 11.2 Å². The van der Waals surface area contributed by atoms with Gasteiger partial charge in [-0.15, -0.1) is 0 Å². The van der Waals surface area contributed by atoms with Crippen LogP contribution in [0.1, 0.15) is 39.3 Å². The van der Waals surface area contributed by atoms with E-state index in [0.717, 1.165) is 19.3 Å². The Balaban J connectivity index is 1.43. The number of benzene rings is 1. The number of rotatable bonds is 7. The topological polar surface area (TPSA) is 79.7 Å². The van der Waals surface area contributed by atoms with E-state index in [1.54, 1.807) is 4.90 Å². The normalized spacial score (nSPS) is 16.6. The van der Waals surface area contributed by atoms with Crippen LogP contribution in [0.3, 0.4) is 0 Å². The zero-order valence-electron chi connectivity index (χ0n) is 14.5. The van der Waals surface area contributed by atoms with Crippen LogP contribution in [0, 0.1) is 0 Å². The van der Waals surface area contributed by atoms with E-state index < -0.39 is 5.97 Å². The molecule has 1 fully saturated rings. The number of pyridine rings is 1. The quantitative estimate of drug-likeness (QED) is 0.773. The van der Waals surface area contributed by atoms with Gasteiger partial charge in [-0.2, -0.15) is 0 Å². The third-order valence-corrected chi connectivity index (χ3v) is 4.47. The summed E-state index contributed by atoms with van der Waals surface area (Å²) >= 11 is 0. The molecule has 0 radical (unpaired) electrons. The van der Waals surface area contributed by atoms with E-state index in [1.165, 1.54) is 23.9 Å². The van der Waals surface area contributed by atoms with Gasteiger partial charge in [0.15, 0.2) is 0 Å². The van der Waals surface area contributed by atoms with Crippen LogP contribution in [0.2, 0.25) is 0 Å². The standard InChI is InChI=1S/C20H22N2O4/c23-19(16-8-9-18(20(24)25)21-13-16)22-11-10-17(14-22)26-12-4-7-15-5-2-1-3-6-15/h1-3,5-6,8-9,13,17H,4,7,10-12,14H2,(H,24,25)/t17-/m1/s1. The molecule has 0 spiro atoms. The van der Waals surface area contributed by atoms with E-state index in [0.29, 0.717) is 25.3 Å². The number of nitrogens with zero attached hydrogens (tertiary/aromatic N) is 2. The lowest BCUT2D eigenvalue weighted by molar-refractivity contribution is 0.0524. The highest BCUT2D eigenvalue weighted by Crippen LogP contribution is 2.16. The van der Waals surface area contributed by atoms with Crippen molar-refractivity contribution in [2.24, 2.45) is 0 Å². The minimum Gasteiger partial charge on any atom is -0.477 e. The molecule has 1 N–H and O–H groups in total. The largest absolute Gasteiger partial charge is 0.477 e. The van der Waals surface area contributed by atoms with E-state index in [-0.39, 0.29) is 17.7 Å². The maximum absolute atomic E-state index is 12.5. The van der Waals surface area contributed by atoms with E-state index in [9.17, 15) is 9.59 Å². The molecule has 0 aliphatic carbocycles. The molecule has 1 saturated heterocycles. The summed E-state index contributed by atoms with van der Waals surface area (Å²) in [4.78, 5) is 28.8. The maximum Gasteiger partial charge on any atom is 0.354 e. The van der Waals surface area contributed by atoms with Gasteiger partial charge in [-0.05, 0) is 37.0 Å². The fourth-order valence-corrected chi connectivity index (χ4v) is 3.05. The third-order valence-electron chi connectivity index (χ3n) is 4.47. The van der Waals surface area contributed by atoms with Crippen molar-refractivity contribution in [1.82, 2.24) is 9.88 Å². The van der Waals surface area contributed by atoms with Gasteiger partial charge in [0.1, 0.15) is 5.69 Å². The molecule has 0 bridgehead atoms. The number of carbonyl (C=O) groups excluding carboxylic acids is 1. The molecular weight excluding hydrogens is 332 g/mol. The highest BCUT2D eigenvalue weighted by atomic mass is 16.5. The van der Waals surface area contributed by atoms with Gasteiger partial charge < -0.3 is 14.7 Å². The Labute approximate surface area is 152 Å². The molecule has 6 nitrogen and oxygen atoms in total. The Morgan fingerprint density at radius 3 is 2.69 bits per heavy atom. The molecule has 0 unspecified atom stereocenters. The molecule has 6 heteroatoms.